The zero-order chi connectivity index (χ0) is 21.9. The van der Waals surface area contributed by atoms with Crippen LogP contribution in [0.4, 0.5) is 5.69 Å². The number of aliphatic hydroxyl groups excluding tert-OH is 1. The summed E-state index contributed by atoms with van der Waals surface area (Å²) in [5, 5.41) is 14.4. The van der Waals surface area contributed by atoms with Crippen LogP contribution in [-0.4, -0.2) is 42.2 Å². The molecule has 2 aromatic rings. The van der Waals surface area contributed by atoms with Gasteiger partial charge in [-0.15, -0.1) is 0 Å². The van der Waals surface area contributed by atoms with E-state index in [9.17, 15) is 5.11 Å². The van der Waals surface area contributed by atoms with Crippen LogP contribution in [0.3, 0.4) is 0 Å². The first-order valence-electron chi connectivity index (χ1n) is 12.2. The van der Waals surface area contributed by atoms with Crippen molar-refractivity contribution in [2.24, 2.45) is 11.7 Å². The number of aliphatic hydroxyl groups is 1. The Balaban J connectivity index is 1.41. The molecule has 0 bridgehead atoms. The van der Waals surface area contributed by atoms with Crippen molar-refractivity contribution in [3.8, 4) is 0 Å². The van der Waals surface area contributed by atoms with Crippen LogP contribution in [-0.2, 0) is 6.42 Å². The fourth-order valence-electron chi connectivity index (χ4n) is 4.64. The molecule has 1 aliphatic heterocycles. The molecule has 0 radical (unpaired) electrons. The number of unbranched alkanes of at least 4 members (excludes halogenated alkanes) is 3. The molecule has 2 atom stereocenters. The lowest BCUT2D eigenvalue weighted by Crippen LogP contribution is -2.43. The molecule has 0 aromatic heterocycles. The highest BCUT2D eigenvalue weighted by Crippen LogP contribution is 2.28. The number of nitrogens with zero attached hydrogens (tertiary/aromatic N) is 1. The summed E-state index contributed by atoms with van der Waals surface area (Å²) in [6.07, 6.45) is 7.87. The summed E-state index contributed by atoms with van der Waals surface area (Å²) in [6, 6.07) is 19.3. The van der Waals surface area contributed by atoms with Crippen LogP contribution in [0.25, 0.3) is 0 Å². The molecular weight excluding hydrogens is 382 g/mol. The SMILES string of the molecule is C[C@@H]([C@H](O)c1ccc(NCCCCCCN)cc1)N1CCC(Cc2ccccc2)CC1. The van der Waals surface area contributed by atoms with Gasteiger partial charge in [0.2, 0.25) is 0 Å². The molecule has 4 nitrogen and oxygen atoms in total. The van der Waals surface area contributed by atoms with Crippen molar-refractivity contribution in [3.05, 3.63) is 65.7 Å². The summed E-state index contributed by atoms with van der Waals surface area (Å²) in [4.78, 5) is 2.46. The zero-order valence-corrected chi connectivity index (χ0v) is 19.2. The van der Waals surface area contributed by atoms with E-state index in [1.54, 1.807) is 0 Å². The maximum Gasteiger partial charge on any atom is 0.0942 e. The molecule has 31 heavy (non-hydrogen) atoms. The molecule has 0 aliphatic carbocycles. The lowest BCUT2D eigenvalue weighted by atomic mass is 9.89. The Hall–Kier alpha value is -1.88. The van der Waals surface area contributed by atoms with Gasteiger partial charge in [0.1, 0.15) is 0 Å². The van der Waals surface area contributed by atoms with Gasteiger partial charge in [0, 0.05) is 18.3 Å². The summed E-state index contributed by atoms with van der Waals surface area (Å²) in [5.74, 6) is 0.753. The van der Waals surface area contributed by atoms with Gasteiger partial charge >= 0.3 is 0 Å². The molecule has 0 unspecified atom stereocenters. The Morgan fingerprint density at radius 2 is 1.65 bits per heavy atom. The predicted molar refractivity (Wildman–Crippen MR) is 131 cm³/mol. The molecule has 3 rings (SSSR count). The van der Waals surface area contributed by atoms with Gasteiger partial charge < -0.3 is 16.2 Å². The number of piperidine rings is 1. The molecule has 1 saturated heterocycles. The van der Waals surface area contributed by atoms with Crippen molar-refractivity contribution in [2.45, 2.75) is 64.0 Å². The molecule has 0 saturated carbocycles. The van der Waals surface area contributed by atoms with Gasteiger partial charge in [-0.05, 0) is 87.8 Å². The van der Waals surface area contributed by atoms with Crippen molar-refractivity contribution in [3.63, 3.8) is 0 Å². The Morgan fingerprint density at radius 1 is 0.968 bits per heavy atom. The number of anilines is 1. The first-order chi connectivity index (χ1) is 15.2. The largest absolute Gasteiger partial charge is 0.387 e. The van der Waals surface area contributed by atoms with E-state index in [1.807, 2.05) is 0 Å². The molecule has 0 spiro atoms. The summed E-state index contributed by atoms with van der Waals surface area (Å²) in [5.41, 5.74) is 9.12. The highest BCUT2D eigenvalue weighted by atomic mass is 16.3. The molecular formula is C27H41N3O. The first kappa shape index (κ1) is 23.8. The van der Waals surface area contributed by atoms with Gasteiger partial charge in [-0.1, -0.05) is 55.3 Å². The highest BCUT2D eigenvalue weighted by Gasteiger charge is 2.27. The second-order valence-electron chi connectivity index (χ2n) is 9.11. The lowest BCUT2D eigenvalue weighted by molar-refractivity contribution is 0.0373. The van der Waals surface area contributed by atoms with E-state index in [0.717, 1.165) is 49.8 Å². The summed E-state index contributed by atoms with van der Waals surface area (Å²) in [7, 11) is 0. The Bertz CT molecular complexity index is 726. The summed E-state index contributed by atoms with van der Waals surface area (Å²) in [6.45, 7) is 6.08. The predicted octanol–water partition coefficient (Wildman–Crippen LogP) is 4.99. The van der Waals surface area contributed by atoms with Crippen LogP contribution in [0.2, 0.25) is 0 Å². The minimum absolute atomic E-state index is 0.138. The van der Waals surface area contributed by atoms with E-state index in [1.165, 1.54) is 44.1 Å². The second kappa shape index (κ2) is 12.8. The zero-order valence-electron chi connectivity index (χ0n) is 19.2. The maximum absolute atomic E-state index is 11.0. The molecule has 0 amide bonds. The van der Waals surface area contributed by atoms with E-state index in [2.05, 4.69) is 71.7 Å². The van der Waals surface area contributed by atoms with Gasteiger partial charge in [-0.25, -0.2) is 0 Å². The number of hydrogen-bond acceptors (Lipinski definition) is 4. The van der Waals surface area contributed by atoms with Crippen molar-refractivity contribution in [1.82, 2.24) is 4.90 Å². The number of rotatable bonds is 12. The Morgan fingerprint density at radius 3 is 2.32 bits per heavy atom. The number of nitrogens with two attached hydrogens (primary N) is 1. The minimum Gasteiger partial charge on any atom is -0.387 e. The van der Waals surface area contributed by atoms with E-state index in [-0.39, 0.29) is 6.04 Å². The van der Waals surface area contributed by atoms with Crippen LogP contribution < -0.4 is 11.1 Å². The van der Waals surface area contributed by atoms with Crippen LogP contribution in [0.15, 0.2) is 54.6 Å². The van der Waals surface area contributed by atoms with Gasteiger partial charge in [0.25, 0.3) is 0 Å². The van der Waals surface area contributed by atoms with E-state index in [0.29, 0.717) is 0 Å². The van der Waals surface area contributed by atoms with Gasteiger partial charge in [-0.3, -0.25) is 4.90 Å². The van der Waals surface area contributed by atoms with Gasteiger partial charge in [0.15, 0.2) is 0 Å². The molecule has 1 heterocycles. The van der Waals surface area contributed by atoms with Crippen LogP contribution >= 0.6 is 0 Å². The summed E-state index contributed by atoms with van der Waals surface area (Å²) < 4.78 is 0. The fraction of sp³-hybridized carbons (Fsp3) is 0.556. The average Bonchev–Trinajstić information content (AvgIpc) is 2.82. The number of likely N-dealkylation sites (tertiary alicyclic amines) is 1. The topological polar surface area (TPSA) is 61.5 Å². The van der Waals surface area contributed by atoms with E-state index in [4.69, 9.17) is 5.73 Å². The molecule has 1 fully saturated rings. The maximum atomic E-state index is 11.0. The molecule has 1 aliphatic rings. The Kier molecular flexibility index (Phi) is 9.85. The molecule has 2 aromatic carbocycles. The van der Waals surface area contributed by atoms with Crippen molar-refractivity contribution < 1.29 is 5.11 Å². The smallest absolute Gasteiger partial charge is 0.0942 e. The van der Waals surface area contributed by atoms with E-state index >= 15 is 0 Å². The first-order valence-corrected chi connectivity index (χ1v) is 12.2. The Labute approximate surface area is 188 Å². The van der Waals surface area contributed by atoms with Crippen molar-refractivity contribution in [1.29, 1.82) is 0 Å². The minimum atomic E-state index is -0.448. The van der Waals surface area contributed by atoms with Crippen LogP contribution in [0.1, 0.15) is 62.7 Å². The lowest BCUT2D eigenvalue weighted by Gasteiger charge is -2.38. The van der Waals surface area contributed by atoms with Crippen LogP contribution in [0.5, 0.6) is 0 Å². The molecule has 4 N–H and O–H groups in total. The molecule has 170 valence electrons. The van der Waals surface area contributed by atoms with Crippen molar-refractivity contribution >= 4 is 5.69 Å². The average molecular weight is 424 g/mol. The number of nitrogens with one attached hydrogen (secondary N) is 1. The third kappa shape index (κ3) is 7.64. The quantitative estimate of drug-likeness (QED) is 0.421. The highest BCUT2D eigenvalue weighted by molar-refractivity contribution is 5.45. The van der Waals surface area contributed by atoms with E-state index < -0.39 is 6.10 Å². The van der Waals surface area contributed by atoms with Gasteiger partial charge in [0.05, 0.1) is 6.10 Å². The normalized spacial score (nSPS) is 17.4. The number of benzene rings is 2. The third-order valence-electron chi connectivity index (χ3n) is 6.76. The fourth-order valence-corrected chi connectivity index (χ4v) is 4.64. The van der Waals surface area contributed by atoms with Gasteiger partial charge in [-0.2, -0.15) is 0 Å². The van der Waals surface area contributed by atoms with Crippen molar-refractivity contribution in [2.75, 3.05) is 31.5 Å². The monoisotopic (exact) mass is 423 g/mol. The van der Waals surface area contributed by atoms with Crippen LogP contribution in [0, 0.1) is 5.92 Å². The summed E-state index contributed by atoms with van der Waals surface area (Å²) >= 11 is 0. The standard InChI is InChI=1S/C27H41N3O/c1-22(30-19-15-24(16-20-30)21-23-9-5-4-6-10-23)27(31)25-11-13-26(14-12-25)29-18-8-3-2-7-17-28/h4-6,9-14,22,24,27,29,31H,2-3,7-8,15-21,28H2,1H3/t22-,27-/m0/s1. The second-order valence-corrected chi connectivity index (χ2v) is 9.11. The molecule has 4 heteroatoms. The third-order valence-corrected chi connectivity index (χ3v) is 6.76. The number of hydrogen-bond donors (Lipinski definition) is 3.